The zero-order valence-electron chi connectivity index (χ0n) is 9.61. The van der Waals surface area contributed by atoms with Crippen molar-refractivity contribution in [2.45, 2.75) is 45.4 Å². The van der Waals surface area contributed by atoms with Crippen molar-refractivity contribution in [2.75, 3.05) is 13.4 Å². The third-order valence-corrected chi connectivity index (χ3v) is 1.89. The van der Waals surface area contributed by atoms with E-state index in [1.807, 2.05) is 6.08 Å². The van der Waals surface area contributed by atoms with Crippen LogP contribution < -0.4 is 0 Å². The molecule has 0 aliphatic rings. The number of carbonyl (C=O) groups is 1. The second-order valence-electron chi connectivity index (χ2n) is 3.37. The summed E-state index contributed by atoms with van der Waals surface area (Å²) in [5, 5.41) is 0. The van der Waals surface area contributed by atoms with Crippen LogP contribution in [-0.4, -0.2) is 19.7 Å². The Bertz CT molecular complexity index is 155. The molecule has 88 valence electrons. The summed E-state index contributed by atoms with van der Waals surface area (Å²) in [6.45, 7) is 3.16. The van der Waals surface area contributed by atoms with Crippen molar-refractivity contribution >= 4 is 6.29 Å². The molecular formula is C12H22O3. The summed E-state index contributed by atoms with van der Waals surface area (Å²) in [5.74, 6) is 0. The van der Waals surface area contributed by atoms with Crippen molar-refractivity contribution < 1.29 is 14.3 Å². The van der Waals surface area contributed by atoms with Crippen LogP contribution in [0, 0.1) is 0 Å². The fourth-order valence-corrected chi connectivity index (χ4v) is 1.09. The molecule has 0 aromatic carbocycles. The first kappa shape index (κ1) is 14.2. The molecule has 0 aliphatic heterocycles. The largest absolute Gasteiger partial charge is 0.475 e. The molecule has 0 saturated carbocycles. The van der Waals surface area contributed by atoms with Gasteiger partial charge in [-0.25, -0.2) is 0 Å². The highest BCUT2D eigenvalue weighted by Gasteiger charge is 1.86. The smallest absolute Gasteiger partial charge is 0.188 e. The van der Waals surface area contributed by atoms with Gasteiger partial charge in [0.25, 0.3) is 0 Å². The minimum absolute atomic E-state index is 0.343. The van der Waals surface area contributed by atoms with E-state index in [2.05, 4.69) is 6.92 Å². The van der Waals surface area contributed by atoms with E-state index in [0.29, 0.717) is 13.2 Å². The van der Waals surface area contributed by atoms with Gasteiger partial charge in [-0.3, -0.25) is 0 Å². The van der Waals surface area contributed by atoms with E-state index >= 15 is 0 Å². The highest BCUT2D eigenvalue weighted by molar-refractivity contribution is 5.48. The van der Waals surface area contributed by atoms with E-state index in [-0.39, 0.29) is 0 Å². The standard InChI is InChI=1S/C12H22O3/c1-2-10-14-12-15-11-8-6-4-3-5-7-9-13/h8-9,11H,2-7,10,12H2,1H3. The maximum absolute atomic E-state index is 10.0. The number of allylic oxidation sites excluding steroid dienone is 1. The van der Waals surface area contributed by atoms with Gasteiger partial charge >= 0.3 is 0 Å². The quantitative estimate of drug-likeness (QED) is 0.229. The number of ether oxygens (including phenoxy) is 2. The minimum atomic E-state index is 0.343. The van der Waals surface area contributed by atoms with Crippen LogP contribution in [0.1, 0.15) is 45.4 Å². The molecule has 0 aliphatic carbocycles. The normalized spacial score (nSPS) is 10.7. The van der Waals surface area contributed by atoms with Crippen LogP contribution in [0.5, 0.6) is 0 Å². The van der Waals surface area contributed by atoms with E-state index in [9.17, 15) is 4.79 Å². The zero-order chi connectivity index (χ0) is 11.2. The van der Waals surface area contributed by atoms with Gasteiger partial charge in [-0.05, 0) is 31.8 Å². The average Bonchev–Trinajstić information content (AvgIpc) is 2.26. The van der Waals surface area contributed by atoms with Crippen molar-refractivity contribution in [3.05, 3.63) is 12.3 Å². The Labute approximate surface area is 92.5 Å². The highest BCUT2D eigenvalue weighted by atomic mass is 16.7. The molecule has 0 spiro atoms. The van der Waals surface area contributed by atoms with E-state index in [4.69, 9.17) is 9.47 Å². The Morgan fingerprint density at radius 1 is 1.13 bits per heavy atom. The van der Waals surface area contributed by atoms with Gasteiger partial charge < -0.3 is 14.3 Å². The Morgan fingerprint density at radius 2 is 1.93 bits per heavy atom. The lowest BCUT2D eigenvalue weighted by Gasteiger charge is -2.00. The van der Waals surface area contributed by atoms with Crippen LogP contribution in [0.4, 0.5) is 0 Å². The first-order valence-corrected chi connectivity index (χ1v) is 5.69. The molecule has 0 heterocycles. The molecule has 0 rings (SSSR count). The maximum atomic E-state index is 10.0. The van der Waals surface area contributed by atoms with Gasteiger partial charge in [0.05, 0.1) is 12.9 Å². The van der Waals surface area contributed by atoms with E-state index in [1.54, 1.807) is 6.26 Å². The van der Waals surface area contributed by atoms with E-state index < -0.39 is 0 Å². The third-order valence-electron chi connectivity index (χ3n) is 1.89. The topological polar surface area (TPSA) is 35.5 Å². The Balaban J connectivity index is 3.00. The molecular weight excluding hydrogens is 192 g/mol. The number of aldehydes is 1. The summed E-state index contributed by atoms with van der Waals surface area (Å²) >= 11 is 0. The van der Waals surface area contributed by atoms with Crippen molar-refractivity contribution in [1.82, 2.24) is 0 Å². The number of carbonyl (C=O) groups excluding carboxylic acids is 1. The fraction of sp³-hybridized carbons (Fsp3) is 0.750. The molecule has 0 radical (unpaired) electrons. The van der Waals surface area contributed by atoms with Crippen molar-refractivity contribution in [3.8, 4) is 0 Å². The van der Waals surface area contributed by atoms with Gasteiger partial charge in [0.2, 0.25) is 0 Å². The summed E-state index contributed by atoms with van der Waals surface area (Å²) in [6.07, 6.45) is 10.6. The summed E-state index contributed by atoms with van der Waals surface area (Å²) in [7, 11) is 0. The Kier molecular flexibility index (Phi) is 12.4. The first-order chi connectivity index (χ1) is 7.41. The summed E-state index contributed by atoms with van der Waals surface area (Å²) in [5.41, 5.74) is 0. The lowest BCUT2D eigenvalue weighted by atomic mass is 10.1. The lowest BCUT2D eigenvalue weighted by molar-refractivity contribution is -0.107. The predicted octanol–water partition coefficient (Wildman–Crippen LogP) is 3.05. The van der Waals surface area contributed by atoms with E-state index in [1.165, 1.54) is 0 Å². The molecule has 0 fully saturated rings. The number of unbranched alkanes of at least 4 members (excludes halogenated alkanes) is 4. The Hall–Kier alpha value is -0.830. The molecule has 3 heteroatoms. The molecule has 0 aromatic rings. The van der Waals surface area contributed by atoms with Crippen molar-refractivity contribution in [3.63, 3.8) is 0 Å². The number of rotatable bonds is 11. The van der Waals surface area contributed by atoms with Gasteiger partial charge in [-0.1, -0.05) is 13.3 Å². The molecule has 0 saturated heterocycles. The molecule has 15 heavy (non-hydrogen) atoms. The summed E-state index contributed by atoms with van der Waals surface area (Å²) < 4.78 is 10.2. The molecule has 0 bridgehead atoms. The zero-order valence-corrected chi connectivity index (χ0v) is 9.61. The van der Waals surface area contributed by atoms with Crippen molar-refractivity contribution in [1.29, 1.82) is 0 Å². The summed E-state index contributed by atoms with van der Waals surface area (Å²) in [6, 6.07) is 0. The lowest BCUT2D eigenvalue weighted by Crippen LogP contribution is -1.96. The van der Waals surface area contributed by atoms with Crippen LogP contribution in [0.25, 0.3) is 0 Å². The predicted molar refractivity (Wildman–Crippen MR) is 60.5 cm³/mol. The van der Waals surface area contributed by atoms with Crippen LogP contribution in [0.3, 0.4) is 0 Å². The van der Waals surface area contributed by atoms with Gasteiger partial charge in [0.1, 0.15) is 6.29 Å². The van der Waals surface area contributed by atoms with Gasteiger partial charge in [-0.15, -0.1) is 0 Å². The average molecular weight is 214 g/mol. The number of hydrogen-bond donors (Lipinski definition) is 0. The maximum Gasteiger partial charge on any atom is 0.188 e. The van der Waals surface area contributed by atoms with Crippen LogP contribution in [-0.2, 0) is 14.3 Å². The Morgan fingerprint density at radius 3 is 2.67 bits per heavy atom. The highest BCUT2D eigenvalue weighted by Crippen LogP contribution is 2.02. The third kappa shape index (κ3) is 13.2. The fourth-order valence-electron chi connectivity index (χ4n) is 1.09. The molecule has 0 atom stereocenters. The second-order valence-corrected chi connectivity index (χ2v) is 3.37. The first-order valence-electron chi connectivity index (χ1n) is 5.69. The molecule has 0 unspecified atom stereocenters. The van der Waals surface area contributed by atoms with Gasteiger partial charge in [-0.2, -0.15) is 0 Å². The SMILES string of the molecule is CCCOCOC=CCCCCCC=O. The van der Waals surface area contributed by atoms with Gasteiger partial charge in [0, 0.05) is 6.42 Å². The second kappa shape index (κ2) is 13.2. The van der Waals surface area contributed by atoms with Crippen LogP contribution in [0.15, 0.2) is 12.3 Å². The molecule has 0 aromatic heterocycles. The molecule has 0 N–H and O–H groups in total. The van der Waals surface area contributed by atoms with Crippen LogP contribution in [0.2, 0.25) is 0 Å². The van der Waals surface area contributed by atoms with Gasteiger partial charge in [0.15, 0.2) is 6.79 Å². The van der Waals surface area contributed by atoms with E-state index in [0.717, 1.165) is 45.0 Å². The molecule has 0 amide bonds. The number of hydrogen-bond acceptors (Lipinski definition) is 3. The van der Waals surface area contributed by atoms with Crippen LogP contribution >= 0.6 is 0 Å². The monoisotopic (exact) mass is 214 g/mol. The minimum Gasteiger partial charge on any atom is -0.475 e. The molecule has 3 nitrogen and oxygen atoms in total. The van der Waals surface area contributed by atoms with Crippen molar-refractivity contribution in [2.24, 2.45) is 0 Å². The summed E-state index contributed by atoms with van der Waals surface area (Å²) in [4.78, 5) is 10.0.